The van der Waals surface area contributed by atoms with Gasteiger partial charge in [0.05, 0.1) is 12.1 Å². The number of carbonyl (C=O) groups excluding carboxylic acids is 1. The lowest BCUT2D eigenvalue weighted by atomic mass is 10.1. The smallest absolute Gasteiger partial charge is 0.257 e. The normalized spacial score (nSPS) is 11.4. The van der Waals surface area contributed by atoms with Crippen molar-refractivity contribution in [2.45, 2.75) is 19.4 Å². The molecule has 3 nitrogen and oxygen atoms in total. The molecule has 0 unspecified atom stereocenters. The summed E-state index contributed by atoms with van der Waals surface area (Å²) in [5.41, 5.74) is -1.89. The highest BCUT2D eigenvalue weighted by atomic mass is 19.1. The average Bonchev–Trinajstić information content (AvgIpc) is 2.14. The molecule has 1 rings (SSSR count). The van der Waals surface area contributed by atoms with Gasteiger partial charge in [-0.1, -0.05) is 0 Å². The van der Waals surface area contributed by atoms with Crippen LogP contribution in [0.25, 0.3) is 0 Å². The molecule has 1 amide bonds. The molecular weight excluding hydrogens is 235 g/mol. The topological polar surface area (TPSA) is 49.3 Å². The number of aliphatic hydroxyl groups is 1. The first-order valence-electron chi connectivity index (χ1n) is 4.85. The molecular formula is C11H12F3NO2. The lowest BCUT2D eigenvalue weighted by Crippen LogP contribution is -2.46. The van der Waals surface area contributed by atoms with Crippen molar-refractivity contribution >= 4 is 5.91 Å². The Kier molecular flexibility index (Phi) is 3.77. The second kappa shape index (κ2) is 4.75. The molecule has 0 atom stereocenters. The molecule has 0 spiro atoms. The van der Waals surface area contributed by atoms with Gasteiger partial charge in [-0.15, -0.1) is 0 Å². The number of carbonyl (C=O) groups is 1. The molecule has 0 bridgehead atoms. The number of nitrogens with one attached hydrogen (secondary N) is 1. The summed E-state index contributed by atoms with van der Waals surface area (Å²) >= 11 is 0. The molecule has 6 heteroatoms. The summed E-state index contributed by atoms with van der Waals surface area (Å²) in [6.45, 7) is 2.55. The van der Waals surface area contributed by atoms with Gasteiger partial charge in [0.1, 0.15) is 23.0 Å². The van der Waals surface area contributed by atoms with E-state index in [1.165, 1.54) is 13.8 Å². The van der Waals surface area contributed by atoms with Crippen LogP contribution in [0, 0.1) is 17.5 Å². The lowest BCUT2D eigenvalue weighted by molar-refractivity contribution is 0.0860. The van der Waals surface area contributed by atoms with E-state index in [1.54, 1.807) is 0 Å². The Balaban J connectivity index is 3.05. The summed E-state index contributed by atoms with van der Waals surface area (Å²) in [6, 6.07) is 0.841. The maximum absolute atomic E-state index is 13.2. The highest BCUT2D eigenvalue weighted by molar-refractivity contribution is 5.95. The summed E-state index contributed by atoms with van der Waals surface area (Å²) < 4.78 is 39.1. The Morgan fingerprint density at radius 3 is 2.18 bits per heavy atom. The highest BCUT2D eigenvalue weighted by Gasteiger charge is 2.25. The molecule has 0 saturated heterocycles. The van der Waals surface area contributed by atoms with E-state index in [0.717, 1.165) is 0 Å². The third-order valence-corrected chi connectivity index (χ3v) is 2.08. The van der Waals surface area contributed by atoms with Gasteiger partial charge in [0.2, 0.25) is 0 Å². The predicted molar refractivity (Wildman–Crippen MR) is 54.9 cm³/mol. The summed E-state index contributed by atoms with van der Waals surface area (Å²) in [5, 5.41) is 11.1. The fraction of sp³-hybridized carbons (Fsp3) is 0.364. The van der Waals surface area contributed by atoms with E-state index in [1.807, 2.05) is 0 Å². The first kappa shape index (κ1) is 13.5. The Morgan fingerprint density at radius 1 is 1.29 bits per heavy atom. The number of halogens is 3. The maximum Gasteiger partial charge on any atom is 0.257 e. The Morgan fingerprint density at radius 2 is 1.76 bits per heavy atom. The van der Waals surface area contributed by atoms with Crippen molar-refractivity contribution in [1.29, 1.82) is 0 Å². The first-order valence-corrected chi connectivity index (χ1v) is 4.85. The molecule has 2 N–H and O–H groups in total. The van der Waals surface area contributed by atoms with Crippen molar-refractivity contribution in [3.8, 4) is 0 Å². The van der Waals surface area contributed by atoms with Gasteiger partial charge >= 0.3 is 0 Å². The molecule has 1 aromatic carbocycles. The van der Waals surface area contributed by atoms with Crippen molar-refractivity contribution < 1.29 is 23.1 Å². The Labute approximate surface area is 96.3 Å². The second-order valence-corrected chi connectivity index (χ2v) is 4.24. The van der Waals surface area contributed by atoms with Gasteiger partial charge in [0, 0.05) is 12.1 Å². The molecule has 0 saturated carbocycles. The fourth-order valence-corrected chi connectivity index (χ4v) is 1.17. The monoisotopic (exact) mass is 247 g/mol. The number of amides is 1. The van der Waals surface area contributed by atoms with E-state index >= 15 is 0 Å². The number of rotatable bonds is 3. The van der Waals surface area contributed by atoms with Crippen LogP contribution in [-0.2, 0) is 0 Å². The van der Waals surface area contributed by atoms with Crippen LogP contribution in [0.3, 0.4) is 0 Å². The van der Waals surface area contributed by atoms with Gasteiger partial charge in [-0.25, -0.2) is 13.2 Å². The zero-order chi connectivity index (χ0) is 13.2. The predicted octanol–water partition coefficient (Wildman–Crippen LogP) is 1.60. The molecule has 94 valence electrons. The van der Waals surface area contributed by atoms with Gasteiger partial charge in [-0.2, -0.15) is 0 Å². The zero-order valence-electron chi connectivity index (χ0n) is 9.35. The molecule has 0 heterocycles. The molecule has 1 aromatic rings. The highest BCUT2D eigenvalue weighted by Crippen LogP contribution is 2.15. The SMILES string of the molecule is CC(C)(CO)NC(=O)c1c(F)cc(F)cc1F. The van der Waals surface area contributed by atoms with Crippen LogP contribution in [0.4, 0.5) is 13.2 Å². The number of aliphatic hydroxyl groups excluding tert-OH is 1. The molecule has 0 aliphatic carbocycles. The Hall–Kier alpha value is -1.56. The third kappa shape index (κ3) is 3.20. The quantitative estimate of drug-likeness (QED) is 0.852. The second-order valence-electron chi connectivity index (χ2n) is 4.24. The summed E-state index contributed by atoms with van der Waals surface area (Å²) in [7, 11) is 0. The van der Waals surface area contributed by atoms with Crippen LogP contribution in [0.1, 0.15) is 24.2 Å². The summed E-state index contributed by atoms with van der Waals surface area (Å²) in [5.74, 6) is -4.71. The molecule has 17 heavy (non-hydrogen) atoms. The van der Waals surface area contributed by atoms with E-state index in [-0.39, 0.29) is 0 Å². The van der Waals surface area contributed by atoms with Crippen molar-refractivity contribution in [2.75, 3.05) is 6.61 Å². The largest absolute Gasteiger partial charge is 0.394 e. The minimum Gasteiger partial charge on any atom is -0.394 e. The van der Waals surface area contributed by atoms with Crippen LogP contribution in [-0.4, -0.2) is 23.2 Å². The van der Waals surface area contributed by atoms with E-state index in [0.29, 0.717) is 12.1 Å². The fourth-order valence-electron chi connectivity index (χ4n) is 1.17. The zero-order valence-corrected chi connectivity index (χ0v) is 9.35. The first-order chi connectivity index (χ1) is 7.76. The van der Waals surface area contributed by atoms with Crippen molar-refractivity contribution in [3.05, 3.63) is 35.1 Å². The number of hydrogen-bond donors (Lipinski definition) is 2. The molecule has 0 aliphatic rings. The molecule has 0 fully saturated rings. The van der Waals surface area contributed by atoms with Crippen LogP contribution in [0.2, 0.25) is 0 Å². The van der Waals surface area contributed by atoms with Crippen LogP contribution in [0.5, 0.6) is 0 Å². The minimum atomic E-state index is -1.28. The van der Waals surface area contributed by atoms with E-state index < -0.39 is 41.1 Å². The van der Waals surface area contributed by atoms with Gasteiger partial charge in [0.25, 0.3) is 5.91 Å². The van der Waals surface area contributed by atoms with Crippen LogP contribution < -0.4 is 5.32 Å². The van der Waals surface area contributed by atoms with Crippen molar-refractivity contribution in [3.63, 3.8) is 0 Å². The Bertz CT molecular complexity index is 423. The van der Waals surface area contributed by atoms with Crippen molar-refractivity contribution in [1.82, 2.24) is 5.32 Å². The number of hydrogen-bond acceptors (Lipinski definition) is 2. The van der Waals surface area contributed by atoms with Gasteiger partial charge < -0.3 is 10.4 Å². The molecule has 0 aliphatic heterocycles. The summed E-state index contributed by atoms with van der Waals surface area (Å²) in [6.07, 6.45) is 0. The average molecular weight is 247 g/mol. The van der Waals surface area contributed by atoms with Gasteiger partial charge in [-0.3, -0.25) is 4.79 Å². The number of benzene rings is 1. The van der Waals surface area contributed by atoms with Crippen LogP contribution >= 0.6 is 0 Å². The molecule has 0 radical (unpaired) electrons. The van der Waals surface area contributed by atoms with Crippen LogP contribution in [0.15, 0.2) is 12.1 Å². The van der Waals surface area contributed by atoms with E-state index in [2.05, 4.69) is 5.32 Å². The summed E-state index contributed by atoms with van der Waals surface area (Å²) in [4.78, 5) is 11.5. The maximum atomic E-state index is 13.2. The molecule has 0 aromatic heterocycles. The van der Waals surface area contributed by atoms with E-state index in [9.17, 15) is 18.0 Å². The van der Waals surface area contributed by atoms with Gasteiger partial charge in [-0.05, 0) is 13.8 Å². The van der Waals surface area contributed by atoms with Gasteiger partial charge in [0.15, 0.2) is 0 Å². The van der Waals surface area contributed by atoms with Crippen molar-refractivity contribution in [2.24, 2.45) is 0 Å². The third-order valence-electron chi connectivity index (χ3n) is 2.08. The standard InChI is InChI=1S/C11H12F3NO2/c1-11(2,5-16)15-10(17)9-7(13)3-6(12)4-8(9)14/h3-4,16H,5H2,1-2H3,(H,15,17). The van der Waals surface area contributed by atoms with E-state index in [4.69, 9.17) is 5.11 Å². The minimum absolute atomic E-state index is 0.400. The lowest BCUT2D eigenvalue weighted by Gasteiger charge is -2.23.